The van der Waals surface area contributed by atoms with Gasteiger partial charge in [-0.25, -0.2) is 0 Å². The minimum absolute atomic E-state index is 0.0474. The van der Waals surface area contributed by atoms with Gasteiger partial charge in [-0.05, 0) is 78.9 Å². The summed E-state index contributed by atoms with van der Waals surface area (Å²) in [5.74, 6) is 6.12. The average molecular weight is 288 g/mol. The average Bonchev–Trinajstić information content (AvgIpc) is 3.16. The smallest absolute Gasteiger partial charge is 0.312 e. The molecule has 1 aliphatic heterocycles. The molecule has 2 nitrogen and oxygen atoms in total. The maximum Gasteiger partial charge on any atom is 0.312 e. The third kappa shape index (κ3) is 1.27. The number of carbonyl (C=O) groups excluding carboxylic acids is 1. The van der Waals surface area contributed by atoms with E-state index in [2.05, 4.69) is 20.8 Å². The van der Waals surface area contributed by atoms with Crippen LogP contribution in [0, 0.1) is 52.3 Å². The van der Waals surface area contributed by atoms with E-state index >= 15 is 0 Å². The van der Waals surface area contributed by atoms with E-state index in [0.29, 0.717) is 17.9 Å². The quantitative estimate of drug-likeness (QED) is 0.540. The monoisotopic (exact) mass is 288 g/mol. The number of hydrogen-bond donors (Lipinski definition) is 0. The van der Waals surface area contributed by atoms with Crippen molar-refractivity contribution in [2.45, 2.75) is 52.9 Å². The second kappa shape index (κ2) is 3.68. The lowest BCUT2D eigenvalue weighted by Crippen LogP contribution is -2.47. The van der Waals surface area contributed by atoms with Crippen LogP contribution in [0.5, 0.6) is 0 Å². The predicted molar refractivity (Wildman–Crippen MR) is 80.4 cm³/mol. The van der Waals surface area contributed by atoms with Crippen LogP contribution in [0.1, 0.15) is 52.9 Å². The van der Waals surface area contributed by atoms with Gasteiger partial charge in [-0.15, -0.1) is 0 Å². The maximum atomic E-state index is 12.5. The molecule has 8 unspecified atom stereocenters. The van der Waals surface area contributed by atoms with Gasteiger partial charge in [0.15, 0.2) is 0 Å². The molecule has 0 aromatic rings. The molecule has 0 N–H and O–H groups in total. The van der Waals surface area contributed by atoms with E-state index in [-0.39, 0.29) is 11.4 Å². The van der Waals surface area contributed by atoms with Crippen LogP contribution in [0.4, 0.5) is 0 Å². The zero-order valence-corrected chi connectivity index (χ0v) is 13.6. The number of carbonyl (C=O) groups is 1. The van der Waals surface area contributed by atoms with Crippen molar-refractivity contribution in [2.75, 3.05) is 6.61 Å². The number of rotatable bonds is 1. The van der Waals surface area contributed by atoms with Gasteiger partial charge in [-0.3, -0.25) is 4.79 Å². The summed E-state index contributed by atoms with van der Waals surface area (Å²) in [7, 11) is 0. The van der Waals surface area contributed by atoms with E-state index in [1.165, 1.54) is 25.7 Å². The zero-order chi connectivity index (χ0) is 14.6. The van der Waals surface area contributed by atoms with Gasteiger partial charge in [-0.2, -0.15) is 0 Å². The van der Waals surface area contributed by atoms with E-state index in [9.17, 15) is 4.79 Å². The summed E-state index contributed by atoms with van der Waals surface area (Å²) in [6.07, 6.45) is 6.44. The van der Waals surface area contributed by atoms with Gasteiger partial charge in [-0.1, -0.05) is 20.8 Å². The fourth-order valence-corrected chi connectivity index (χ4v) is 7.95. The standard InChI is InChI=1S/C19H28O2/c1-10(2)18(3)8-11-6-13(18)16-14-7-12(15(11)16)9-19(14)4-5-21-17(19)20/h10-16H,4-9H2,1-3H3. The minimum atomic E-state index is -0.0474. The van der Waals surface area contributed by atoms with Gasteiger partial charge in [0.2, 0.25) is 0 Å². The SMILES string of the molecule is CC(C)C1(C)CC2CC1C1C2C2CC1C1(CCOC1=O)C2. The molecule has 0 radical (unpaired) electrons. The Kier molecular flexibility index (Phi) is 2.27. The fraction of sp³-hybridized carbons (Fsp3) is 0.947. The first-order chi connectivity index (χ1) is 9.97. The zero-order valence-electron chi connectivity index (χ0n) is 13.6. The van der Waals surface area contributed by atoms with Gasteiger partial charge < -0.3 is 4.74 Å². The van der Waals surface area contributed by atoms with Gasteiger partial charge in [0, 0.05) is 0 Å². The van der Waals surface area contributed by atoms with Crippen molar-refractivity contribution in [1.29, 1.82) is 0 Å². The highest BCUT2D eigenvalue weighted by Crippen LogP contribution is 2.77. The molecule has 1 saturated heterocycles. The first-order valence-electron chi connectivity index (χ1n) is 9.14. The van der Waals surface area contributed by atoms with Crippen LogP contribution in [0.25, 0.3) is 0 Å². The number of esters is 1. The maximum absolute atomic E-state index is 12.5. The topological polar surface area (TPSA) is 26.3 Å². The summed E-state index contributed by atoms with van der Waals surface area (Å²) in [5, 5.41) is 0. The summed E-state index contributed by atoms with van der Waals surface area (Å²) in [4.78, 5) is 12.5. The largest absolute Gasteiger partial charge is 0.465 e. The molecule has 1 spiro atoms. The molecule has 4 aliphatic carbocycles. The summed E-state index contributed by atoms with van der Waals surface area (Å²) in [6.45, 7) is 8.07. The molecule has 4 bridgehead atoms. The van der Waals surface area contributed by atoms with Crippen molar-refractivity contribution >= 4 is 5.97 Å². The van der Waals surface area contributed by atoms with Crippen LogP contribution in [-0.4, -0.2) is 12.6 Å². The van der Waals surface area contributed by atoms with Crippen molar-refractivity contribution in [2.24, 2.45) is 52.3 Å². The molecular formula is C19H28O2. The molecule has 4 saturated carbocycles. The molecule has 21 heavy (non-hydrogen) atoms. The van der Waals surface area contributed by atoms with E-state index in [0.717, 1.165) is 41.9 Å². The Morgan fingerprint density at radius 3 is 2.48 bits per heavy atom. The van der Waals surface area contributed by atoms with Gasteiger partial charge >= 0.3 is 5.97 Å². The van der Waals surface area contributed by atoms with E-state index < -0.39 is 0 Å². The highest BCUT2D eigenvalue weighted by atomic mass is 16.5. The molecule has 8 atom stereocenters. The van der Waals surface area contributed by atoms with Crippen molar-refractivity contribution < 1.29 is 9.53 Å². The van der Waals surface area contributed by atoms with Gasteiger partial charge in [0.25, 0.3) is 0 Å². The summed E-state index contributed by atoms with van der Waals surface area (Å²) in [5.41, 5.74) is 0.480. The Labute approximate surface area is 128 Å². The molecule has 5 rings (SSSR count). The lowest BCUT2D eigenvalue weighted by molar-refractivity contribution is -0.152. The third-order valence-corrected chi connectivity index (χ3v) is 8.97. The number of fused-ring (bicyclic) bond motifs is 10. The van der Waals surface area contributed by atoms with Crippen molar-refractivity contribution in [1.82, 2.24) is 0 Å². The van der Waals surface area contributed by atoms with Crippen LogP contribution in [0.3, 0.4) is 0 Å². The first kappa shape index (κ1) is 13.0. The molecule has 116 valence electrons. The van der Waals surface area contributed by atoms with Gasteiger partial charge in [0.05, 0.1) is 12.0 Å². The Morgan fingerprint density at radius 2 is 1.81 bits per heavy atom. The van der Waals surface area contributed by atoms with Crippen LogP contribution >= 0.6 is 0 Å². The fourth-order valence-electron chi connectivity index (χ4n) is 7.95. The van der Waals surface area contributed by atoms with Crippen LogP contribution in [0.15, 0.2) is 0 Å². The normalized spacial score (nSPS) is 60.3. The van der Waals surface area contributed by atoms with E-state index in [1.54, 1.807) is 0 Å². The second-order valence-electron chi connectivity index (χ2n) is 9.47. The molecule has 2 heteroatoms. The predicted octanol–water partition coefficient (Wildman–Crippen LogP) is 3.89. The Balaban J connectivity index is 1.54. The molecule has 5 fully saturated rings. The Morgan fingerprint density at radius 1 is 1.10 bits per heavy atom. The molecule has 5 aliphatic rings. The van der Waals surface area contributed by atoms with Crippen LogP contribution in [-0.2, 0) is 9.53 Å². The van der Waals surface area contributed by atoms with E-state index in [4.69, 9.17) is 4.74 Å². The molecule has 0 aromatic heterocycles. The van der Waals surface area contributed by atoms with Gasteiger partial charge in [0.1, 0.15) is 0 Å². The van der Waals surface area contributed by atoms with Crippen molar-refractivity contribution in [3.63, 3.8) is 0 Å². The third-order valence-electron chi connectivity index (χ3n) is 8.97. The lowest BCUT2D eigenvalue weighted by atomic mass is 9.53. The number of ether oxygens (including phenoxy) is 1. The molecular weight excluding hydrogens is 260 g/mol. The summed E-state index contributed by atoms with van der Waals surface area (Å²) in [6, 6.07) is 0. The summed E-state index contributed by atoms with van der Waals surface area (Å²) < 4.78 is 5.43. The number of hydrogen-bond acceptors (Lipinski definition) is 2. The second-order valence-corrected chi connectivity index (χ2v) is 9.47. The molecule has 0 amide bonds. The van der Waals surface area contributed by atoms with Crippen molar-refractivity contribution in [3.8, 4) is 0 Å². The van der Waals surface area contributed by atoms with Crippen LogP contribution in [0.2, 0.25) is 0 Å². The number of cyclic esters (lactones) is 1. The molecule has 1 heterocycles. The lowest BCUT2D eigenvalue weighted by Gasteiger charge is -2.50. The summed E-state index contributed by atoms with van der Waals surface area (Å²) >= 11 is 0. The highest BCUT2D eigenvalue weighted by molar-refractivity contribution is 5.80. The highest BCUT2D eigenvalue weighted by Gasteiger charge is 2.73. The van der Waals surface area contributed by atoms with Crippen LogP contribution < -0.4 is 0 Å². The Hall–Kier alpha value is -0.530. The van der Waals surface area contributed by atoms with Crippen molar-refractivity contribution in [3.05, 3.63) is 0 Å². The Bertz CT molecular complexity index is 512. The molecule has 0 aromatic carbocycles. The minimum Gasteiger partial charge on any atom is -0.465 e. The van der Waals surface area contributed by atoms with E-state index in [1.807, 2.05) is 0 Å². The first-order valence-corrected chi connectivity index (χ1v) is 9.14.